The van der Waals surface area contributed by atoms with E-state index in [1.54, 1.807) is 48.2 Å². The van der Waals surface area contributed by atoms with Gasteiger partial charge in [-0.25, -0.2) is 8.78 Å². The first-order valence-corrected chi connectivity index (χ1v) is 14.6. The minimum atomic E-state index is -1.52. The van der Waals surface area contributed by atoms with Crippen molar-refractivity contribution in [2.24, 2.45) is 22.8 Å². The fraction of sp³-hybridized carbons (Fsp3) is 0.424. The highest BCUT2D eigenvalue weighted by molar-refractivity contribution is 5.97. The van der Waals surface area contributed by atoms with Crippen LogP contribution in [-0.4, -0.2) is 53.5 Å². The molecule has 1 aliphatic carbocycles. The molecule has 8 nitrogen and oxygen atoms in total. The summed E-state index contributed by atoms with van der Waals surface area (Å²) in [6.07, 6.45) is 3.54. The van der Waals surface area contributed by atoms with Crippen LogP contribution in [0.2, 0.25) is 0 Å². The summed E-state index contributed by atoms with van der Waals surface area (Å²) in [4.78, 5) is 40.3. The molecule has 0 bridgehead atoms. The predicted octanol–water partition coefficient (Wildman–Crippen LogP) is 3.77. The van der Waals surface area contributed by atoms with Gasteiger partial charge >= 0.3 is 0 Å². The number of allylic oxidation sites excluding steroid dienone is 2. The monoisotopic (exact) mass is 596 g/mol. The van der Waals surface area contributed by atoms with Crippen molar-refractivity contribution >= 4 is 17.7 Å². The molecule has 2 aromatic carbocycles. The Morgan fingerprint density at radius 2 is 1.67 bits per heavy atom. The molecule has 0 radical (unpaired) electrons. The Morgan fingerprint density at radius 1 is 1.02 bits per heavy atom. The number of primary amides is 2. The summed E-state index contributed by atoms with van der Waals surface area (Å²) in [7, 11) is 0. The molecule has 0 spiro atoms. The number of hydrogen-bond acceptors (Lipinski definition) is 5. The molecule has 2 aromatic rings. The van der Waals surface area contributed by atoms with Crippen LogP contribution >= 0.6 is 0 Å². The minimum absolute atomic E-state index is 0.0179. The number of nitrogens with one attached hydrogen (secondary N) is 1. The SMILES string of the molecule is CCCN(CCC)C(=O)C1=CC(C)=CC(C(N)=O)([C@H](Cc2cc(F)cc(F)c2)[C@@H](O)CNCc2cccc(C(N)=O)c2)C1. The maximum Gasteiger partial charge on any atom is 0.249 e. The van der Waals surface area contributed by atoms with Gasteiger partial charge in [0, 0.05) is 49.3 Å². The van der Waals surface area contributed by atoms with Crippen molar-refractivity contribution in [3.63, 3.8) is 0 Å². The third kappa shape index (κ3) is 8.58. The first-order valence-electron chi connectivity index (χ1n) is 14.6. The summed E-state index contributed by atoms with van der Waals surface area (Å²) in [6, 6.07) is 9.78. The van der Waals surface area contributed by atoms with Crippen molar-refractivity contribution in [3.8, 4) is 0 Å². The van der Waals surface area contributed by atoms with E-state index in [9.17, 15) is 28.3 Å². The van der Waals surface area contributed by atoms with Crippen LogP contribution in [0.3, 0.4) is 0 Å². The van der Waals surface area contributed by atoms with Crippen LogP contribution in [-0.2, 0) is 22.6 Å². The molecule has 3 rings (SSSR count). The van der Waals surface area contributed by atoms with Gasteiger partial charge in [-0.1, -0.05) is 43.7 Å². The van der Waals surface area contributed by atoms with Gasteiger partial charge < -0.3 is 26.8 Å². The Labute approximate surface area is 251 Å². The molecule has 0 saturated heterocycles. The average Bonchev–Trinajstić information content (AvgIpc) is 2.94. The molecule has 0 fully saturated rings. The van der Waals surface area contributed by atoms with Gasteiger partial charge in [0.25, 0.3) is 0 Å². The lowest BCUT2D eigenvalue weighted by atomic mass is 9.63. The van der Waals surface area contributed by atoms with Crippen molar-refractivity contribution in [2.45, 2.75) is 59.1 Å². The molecule has 0 aromatic heterocycles. The number of nitrogens with zero attached hydrogens (tertiary/aromatic N) is 1. The van der Waals surface area contributed by atoms with E-state index in [0.717, 1.165) is 36.6 Å². The number of aliphatic hydroxyl groups is 1. The van der Waals surface area contributed by atoms with Gasteiger partial charge in [-0.3, -0.25) is 14.4 Å². The zero-order valence-electron chi connectivity index (χ0n) is 25.0. The fourth-order valence-electron chi connectivity index (χ4n) is 5.90. The predicted molar refractivity (Wildman–Crippen MR) is 161 cm³/mol. The van der Waals surface area contributed by atoms with Gasteiger partial charge in [0.1, 0.15) is 11.6 Å². The van der Waals surface area contributed by atoms with Gasteiger partial charge in [-0.15, -0.1) is 0 Å². The van der Waals surface area contributed by atoms with Gasteiger partial charge in [0.15, 0.2) is 0 Å². The first kappa shape index (κ1) is 33.6. The second-order valence-electron chi connectivity index (χ2n) is 11.3. The van der Waals surface area contributed by atoms with E-state index < -0.39 is 40.9 Å². The quantitative estimate of drug-likeness (QED) is 0.248. The lowest BCUT2D eigenvalue weighted by Crippen LogP contribution is -2.51. The summed E-state index contributed by atoms with van der Waals surface area (Å²) in [5.74, 6) is -4.05. The highest BCUT2D eigenvalue weighted by Gasteiger charge is 2.48. The molecule has 232 valence electrons. The largest absolute Gasteiger partial charge is 0.391 e. The number of aliphatic hydroxyl groups excluding tert-OH is 1. The molecular weight excluding hydrogens is 554 g/mol. The van der Waals surface area contributed by atoms with E-state index in [1.165, 1.54) is 0 Å². The third-order valence-corrected chi connectivity index (χ3v) is 7.78. The molecular formula is C33H42F2N4O4. The second-order valence-corrected chi connectivity index (χ2v) is 11.3. The lowest BCUT2D eigenvalue weighted by Gasteiger charge is -2.42. The van der Waals surface area contributed by atoms with E-state index in [0.29, 0.717) is 29.8 Å². The maximum atomic E-state index is 14.2. The zero-order chi connectivity index (χ0) is 31.7. The number of benzene rings is 2. The fourth-order valence-corrected chi connectivity index (χ4v) is 5.90. The molecule has 3 amide bonds. The Morgan fingerprint density at radius 3 is 2.26 bits per heavy atom. The van der Waals surface area contributed by atoms with Crippen LogP contribution in [0.4, 0.5) is 8.78 Å². The molecule has 0 saturated carbocycles. The molecule has 3 atom stereocenters. The van der Waals surface area contributed by atoms with Crippen LogP contribution in [0.25, 0.3) is 0 Å². The van der Waals surface area contributed by atoms with Gasteiger partial charge in [0.2, 0.25) is 17.7 Å². The molecule has 0 aliphatic heterocycles. The summed E-state index contributed by atoms with van der Waals surface area (Å²) in [6.45, 7) is 7.05. The number of carbonyl (C=O) groups excluding carboxylic acids is 3. The van der Waals surface area contributed by atoms with Crippen molar-refractivity contribution in [1.29, 1.82) is 0 Å². The Kier molecular flexibility index (Phi) is 11.7. The summed E-state index contributed by atoms with van der Waals surface area (Å²) in [5, 5.41) is 14.7. The maximum absolute atomic E-state index is 14.2. The van der Waals surface area contributed by atoms with Crippen molar-refractivity contribution in [3.05, 3.63) is 94.1 Å². The van der Waals surface area contributed by atoms with Crippen molar-refractivity contribution < 1.29 is 28.3 Å². The van der Waals surface area contributed by atoms with E-state index in [4.69, 9.17) is 11.5 Å². The highest BCUT2D eigenvalue weighted by atomic mass is 19.1. The number of amides is 3. The number of rotatable bonds is 15. The average molecular weight is 597 g/mol. The van der Waals surface area contributed by atoms with Gasteiger partial charge in [0.05, 0.1) is 11.5 Å². The molecule has 6 N–H and O–H groups in total. The number of halogens is 2. The smallest absolute Gasteiger partial charge is 0.249 e. The summed E-state index contributed by atoms with van der Waals surface area (Å²) in [5.41, 5.74) is 12.3. The normalized spacial score (nSPS) is 17.9. The number of hydrogen-bond donors (Lipinski definition) is 4. The minimum Gasteiger partial charge on any atom is -0.391 e. The van der Waals surface area contributed by atoms with Crippen LogP contribution < -0.4 is 16.8 Å². The Hall–Kier alpha value is -3.89. The van der Waals surface area contributed by atoms with Gasteiger partial charge in [-0.2, -0.15) is 0 Å². The molecule has 10 heteroatoms. The second kappa shape index (κ2) is 15.0. The van der Waals surface area contributed by atoms with Crippen molar-refractivity contribution in [1.82, 2.24) is 10.2 Å². The Bertz CT molecular complexity index is 1370. The number of nitrogens with two attached hydrogens (primary N) is 2. The third-order valence-electron chi connectivity index (χ3n) is 7.78. The zero-order valence-corrected chi connectivity index (χ0v) is 25.0. The first-order chi connectivity index (χ1) is 20.4. The topological polar surface area (TPSA) is 139 Å². The van der Waals surface area contributed by atoms with Crippen LogP contribution in [0.1, 0.15) is 61.5 Å². The van der Waals surface area contributed by atoms with Gasteiger partial charge in [-0.05, 0) is 68.0 Å². The van der Waals surface area contributed by atoms with E-state index >= 15 is 0 Å². The lowest BCUT2D eigenvalue weighted by molar-refractivity contribution is -0.132. The standard InChI is InChI=1S/C33H42F2N4O4/c1-4-9-39(10-5-2)31(42)25-11-21(3)17-33(18-25,32(37)43)28(15-23-13-26(34)16-27(35)14-23)29(40)20-38-19-22-7-6-8-24(12-22)30(36)41/h6-8,11-14,16-17,28-29,38,40H,4-5,9-10,15,18-20H2,1-3H3,(H2,36,41)(H2,37,43)/t28-,29+,33?/m1/s1. The van der Waals surface area contributed by atoms with Crippen LogP contribution in [0, 0.1) is 23.0 Å². The van der Waals surface area contributed by atoms with Crippen molar-refractivity contribution in [2.75, 3.05) is 19.6 Å². The highest BCUT2D eigenvalue weighted by Crippen LogP contribution is 2.44. The molecule has 0 heterocycles. The van der Waals surface area contributed by atoms with Crippen LogP contribution in [0.5, 0.6) is 0 Å². The molecule has 1 aliphatic rings. The van der Waals surface area contributed by atoms with E-state index in [2.05, 4.69) is 5.32 Å². The van der Waals surface area contributed by atoms with Crippen LogP contribution in [0.15, 0.2) is 65.8 Å². The summed E-state index contributed by atoms with van der Waals surface area (Å²) < 4.78 is 28.4. The van der Waals surface area contributed by atoms with E-state index in [-0.39, 0.29) is 37.4 Å². The summed E-state index contributed by atoms with van der Waals surface area (Å²) >= 11 is 0. The molecule has 43 heavy (non-hydrogen) atoms. The Balaban J connectivity index is 1.98. The number of carbonyl (C=O) groups is 3. The van der Waals surface area contributed by atoms with E-state index in [1.807, 2.05) is 13.8 Å². The molecule has 1 unspecified atom stereocenters.